The molecule has 0 spiro atoms. The average Bonchev–Trinajstić information content (AvgIpc) is 2.11. The minimum atomic E-state index is 0.219. The van der Waals surface area contributed by atoms with Crippen LogP contribution in [0.25, 0.3) is 0 Å². The Bertz CT molecular complexity index is 242. The van der Waals surface area contributed by atoms with Gasteiger partial charge in [-0.1, -0.05) is 6.92 Å². The molecule has 4 saturated carbocycles. The molecule has 0 radical (unpaired) electrons. The Balaban J connectivity index is 1.96. The van der Waals surface area contributed by atoms with E-state index in [-0.39, 0.29) is 5.60 Å². The number of ether oxygens (including phenoxy) is 1. The van der Waals surface area contributed by atoms with Gasteiger partial charge in [0.2, 0.25) is 0 Å². The Kier molecular flexibility index (Phi) is 1.68. The molecule has 0 aromatic heterocycles. The molecule has 0 aliphatic heterocycles. The molecule has 4 rings (SSSR count). The molecule has 0 N–H and O–H groups in total. The van der Waals surface area contributed by atoms with Crippen LogP contribution in [0.1, 0.15) is 46.0 Å². The number of hydrogen-bond acceptors (Lipinski definition) is 1. The Morgan fingerprint density at radius 2 is 1.57 bits per heavy atom. The molecule has 1 nitrogen and oxygen atoms in total. The van der Waals surface area contributed by atoms with Gasteiger partial charge < -0.3 is 4.74 Å². The first-order valence-corrected chi connectivity index (χ1v) is 6.11. The molecule has 4 aliphatic rings. The largest absolute Gasteiger partial charge is 0.378 e. The third kappa shape index (κ3) is 0.997. The Hall–Kier alpha value is -0.0400. The van der Waals surface area contributed by atoms with Crippen molar-refractivity contribution in [3.05, 3.63) is 0 Å². The van der Waals surface area contributed by atoms with Gasteiger partial charge in [0.05, 0.1) is 5.60 Å². The van der Waals surface area contributed by atoms with Crippen LogP contribution in [-0.4, -0.2) is 12.7 Å². The lowest BCUT2D eigenvalue weighted by atomic mass is 9.45. The SMILES string of the molecule is COC1(C)C2CC3CC1CC(C)(C3)C2. The number of methoxy groups -OCH3 is 1. The highest BCUT2D eigenvalue weighted by Crippen LogP contribution is 2.64. The second-order valence-corrected chi connectivity index (χ2v) is 6.54. The van der Waals surface area contributed by atoms with Crippen LogP contribution in [0.4, 0.5) is 0 Å². The highest BCUT2D eigenvalue weighted by molar-refractivity contribution is 5.09. The minimum Gasteiger partial charge on any atom is -0.378 e. The molecule has 0 aromatic rings. The fourth-order valence-corrected chi connectivity index (χ4v) is 4.91. The van der Waals surface area contributed by atoms with Gasteiger partial charge in [0.15, 0.2) is 0 Å². The maximum absolute atomic E-state index is 5.86. The monoisotopic (exact) mass is 194 g/mol. The van der Waals surface area contributed by atoms with Crippen LogP contribution in [0.3, 0.4) is 0 Å². The van der Waals surface area contributed by atoms with Gasteiger partial charge in [0, 0.05) is 7.11 Å². The van der Waals surface area contributed by atoms with Gasteiger partial charge in [-0.25, -0.2) is 0 Å². The van der Waals surface area contributed by atoms with E-state index in [9.17, 15) is 0 Å². The van der Waals surface area contributed by atoms with E-state index in [2.05, 4.69) is 13.8 Å². The molecule has 4 aliphatic carbocycles. The lowest BCUT2D eigenvalue weighted by Crippen LogP contribution is -2.59. The predicted molar refractivity (Wildman–Crippen MR) is 57.1 cm³/mol. The van der Waals surface area contributed by atoms with Gasteiger partial charge in [0.25, 0.3) is 0 Å². The fourth-order valence-electron chi connectivity index (χ4n) is 4.91. The van der Waals surface area contributed by atoms with Crippen molar-refractivity contribution in [2.24, 2.45) is 23.2 Å². The maximum atomic E-state index is 5.86. The lowest BCUT2D eigenvalue weighted by molar-refractivity contribution is -0.201. The van der Waals surface area contributed by atoms with Crippen molar-refractivity contribution in [1.29, 1.82) is 0 Å². The standard InChI is InChI=1S/C13H22O/c1-12-6-9-4-10(7-12)13(2,14-3)11(5-9)8-12/h9-11H,4-8H2,1-3H3. The molecule has 0 heterocycles. The Morgan fingerprint density at radius 3 is 2.00 bits per heavy atom. The van der Waals surface area contributed by atoms with Crippen LogP contribution in [-0.2, 0) is 4.74 Å². The first kappa shape index (κ1) is 9.21. The summed E-state index contributed by atoms with van der Waals surface area (Å²) in [6, 6.07) is 0. The molecule has 1 heteroatoms. The number of rotatable bonds is 1. The summed E-state index contributed by atoms with van der Waals surface area (Å²) >= 11 is 0. The summed E-state index contributed by atoms with van der Waals surface area (Å²) in [6.45, 7) is 4.87. The van der Waals surface area contributed by atoms with Gasteiger partial charge in [-0.3, -0.25) is 0 Å². The van der Waals surface area contributed by atoms with E-state index in [0.29, 0.717) is 5.41 Å². The van der Waals surface area contributed by atoms with E-state index in [1.807, 2.05) is 7.11 Å². The quantitative estimate of drug-likeness (QED) is 0.622. The van der Waals surface area contributed by atoms with Crippen LogP contribution < -0.4 is 0 Å². The Morgan fingerprint density at radius 1 is 1.00 bits per heavy atom. The van der Waals surface area contributed by atoms with Crippen molar-refractivity contribution in [3.8, 4) is 0 Å². The summed E-state index contributed by atoms with van der Waals surface area (Å²) in [7, 11) is 1.92. The summed E-state index contributed by atoms with van der Waals surface area (Å²) < 4.78 is 5.86. The summed E-state index contributed by atoms with van der Waals surface area (Å²) in [6.07, 6.45) is 7.22. The molecular formula is C13H22O. The maximum Gasteiger partial charge on any atom is 0.0707 e. The van der Waals surface area contributed by atoms with Crippen molar-refractivity contribution in [2.75, 3.05) is 7.11 Å². The normalized spacial score (nSPS) is 60.6. The third-order valence-electron chi connectivity index (χ3n) is 5.56. The van der Waals surface area contributed by atoms with Crippen LogP contribution in [0.15, 0.2) is 0 Å². The molecule has 0 aromatic carbocycles. The molecule has 4 fully saturated rings. The molecule has 2 atom stereocenters. The fraction of sp³-hybridized carbons (Fsp3) is 1.00. The summed E-state index contributed by atoms with van der Waals surface area (Å²) in [4.78, 5) is 0. The summed E-state index contributed by atoms with van der Waals surface area (Å²) in [5, 5.41) is 0. The van der Waals surface area contributed by atoms with E-state index >= 15 is 0 Å². The van der Waals surface area contributed by atoms with Gasteiger partial charge in [-0.15, -0.1) is 0 Å². The highest BCUT2D eigenvalue weighted by Gasteiger charge is 2.58. The first-order valence-electron chi connectivity index (χ1n) is 6.11. The van der Waals surface area contributed by atoms with Gasteiger partial charge in [0.1, 0.15) is 0 Å². The summed E-state index contributed by atoms with van der Waals surface area (Å²) in [5.74, 6) is 2.73. The van der Waals surface area contributed by atoms with Crippen molar-refractivity contribution >= 4 is 0 Å². The molecule has 0 saturated heterocycles. The minimum absolute atomic E-state index is 0.219. The van der Waals surface area contributed by atoms with E-state index in [1.165, 1.54) is 32.1 Å². The van der Waals surface area contributed by atoms with E-state index in [0.717, 1.165) is 17.8 Å². The average molecular weight is 194 g/mol. The molecule has 0 amide bonds. The van der Waals surface area contributed by atoms with Crippen LogP contribution >= 0.6 is 0 Å². The second kappa shape index (κ2) is 2.55. The zero-order valence-electron chi connectivity index (χ0n) is 9.68. The lowest BCUT2D eigenvalue weighted by Gasteiger charge is -2.63. The second-order valence-electron chi connectivity index (χ2n) is 6.54. The Labute approximate surface area is 87.2 Å². The summed E-state index contributed by atoms with van der Waals surface area (Å²) in [5.41, 5.74) is 0.894. The predicted octanol–water partition coefficient (Wildman–Crippen LogP) is 3.24. The smallest absolute Gasteiger partial charge is 0.0707 e. The molecule has 2 unspecified atom stereocenters. The molecule has 4 bridgehead atoms. The van der Waals surface area contributed by atoms with E-state index < -0.39 is 0 Å². The van der Waals surface area contributed by atoms with Gasteiger partial charge >= 0.3 is 0 Å². The van der Waals surface area contributed by atoms with E-state index in [4.69, 9.17) is 4.74 Å². The van der Waals surface area contributed by atoms with Gasteiger partial charge in [-0.05, 0) is 62.2 Å². The zero-order valence-corrected chi connectivity index (χ0v) is 9.68. The van der Waals surface area contributed by atoms with Crippen molar-refractivity contribution in [3.63, 3.8) is 0 Å². The molecule has 14 heavy (non-hydrogen) atoms. The molecular weight excluding hydrogens is 172 g/mol. The van der Waals surface area contributed by atoms with Crippen LogP contribution in [0, 0.1) is 23.2 Å². The topological polar surface area (TPSA) is 9.23 Å². The van der Waals surface area contributed by atoms with E-state index in [1.54, 1.807) is 0 Å². The van der Waals surface area contributed by atoms with Crippen molar-refractivity contribution < 1.29 is 4.74 Å². The third-order valence-corrected chi connectivity index (χ3v) is 5.56. The first-order chi connectivity index (χ1) is 6.56. The highest BCUT2D eigenvalue weighted by atomic mass is 16.5. The van der Waals surface area contributed by atoms with Crippen molar-refractivity contribution in [2.45, 2.75) is 51.6 Å². The van der Waals surface area contributed by atoms with Gasteiger partial charge in [-0.2, -0.15) is 0 Å². The van der Waals surface area contributed by atoms with Crippen molar-refractivity contribution in [1.82, 2.24) is 0 Å². The van der Waals surface area contributed by atoms with Crippen LogP contribution in [0.2, 0.25) is 0 Å². The van der Waals surface area contributed by atoms with Crippen LogP contribution in [0.5, 0.6) is 0 Å². The zero-order chi connectivity index (χ0) is 9.97. The molecule has 80 valence electrons. The number of hydrogen-bond donors (Lipinski definition) is 0.